The zero-order chi connectivity index (χ0) is 16.8. The molecule has 0 radical (unpaired) electrons. The Morgan fingerprint density at radius 2 is 2.09 bits per heavy atom. The summed E-state index contributed by atoms with van der Waals surface area (Å²) in [5.74, 6) is 0.441. The van der Waals surface area contributed by atoms with Crippen LogP contribution in [0.4, 0.5) is 5.69 Å². The molecule has 23 heavy (non-hydrogen) atoms. The maximum Gasteiger partial charge on any atom is 0.262 e. The predicted octanol–water partition coefficient (Wildman–Crippen LogP) is 3.55. The van der Waals surface area contributed by atoms with Crippen molar-refractivity contribution in [3.05, 3.63) is 52.5 Å². The number of hydrogen-bond donors (Lipinski definition) is 1. The number of nitrogens with one attached hydrogen (secondary N) is 1. The number of rotatable bonds is 5. The average molecular weight is 331 g/mol. The number of methoxy groups -OCH3 is 1. The van der Waals surface area contributed by atoms with Crippen LogP contribution in [0.1, 0.15) is 11.1 Å². The van der Waals surface area contributed by atoms with Crippen LogP contribution in [0.3, 0.4) is 0 Å². The second kappa shape index (κ2) is 7.52. The molecular weight excluding hydrogens is 316 g/mol. The summed E-state index contributed by atoms with van der Waals surface area (Å²) >= 11 is 6.07. The van der Waals surface area contributed by atoms with Crippen molar-refractivity contribution in [2.75, 3.05) is 19.0 Å². The molecule has 0 aromatic heterocycles. The summed E-state index contributed by atoms with van der Waals surface area (Å²) in [6.45, 7) is 1.65. The molecule has 1 N–H and O–H groups in total. The number of aryl methyl sites for hydroxylation is 1. The van der Waals surface area contributed by atoms with Crippen LogP contribution in [0.25, 0.3) is 0 Å². The quantitative estimate of drug-likeness (QED) is 0.910. The Morgan fingerprint density at radius 3 is 2.74 bits per heavy atom. The minimum absolute atomic E-state index is 0.201. The Hall–Kier alpha value is -2.71. The molecule has 0 aliphatic heterocycles. The lowest BCUT2D eigenvalue weighted by Crippen LogP contribution is -2.21. The first-order valence-corrected chi connectivity index (χ1v) is 7.19. The van der Waals surface area contributed by atoms with Gasteiger partial charge in [-0.15, -0.1) is 0 Å². The van der Waals surface area contributed by atoms with E-state index in [0.29, 0.717) is 27.8 Å². The van der Waals surface area contributed by atoms with Crippen LogP contribution in [-0.2, 0) is 4.79 Å². The molecule has 0 saturated carbocycles. The number of carbonyl (C=O) groups excluding carboxylic acids is 1. The first-order chi connectivity index (χ1) is 11.0. The Bertz CT molecular complexity index is 749. The van der Waals surface area contributed by atoms with Crippen molar-refractivity contribution in [3.63, 3.8) is 0 Å². The number of nitriles is 1. The highest BCUT2D eigenvalue weighted by Gasteiger charge is 2.11. The summed E-state index contributed by atoms with van der Waals surface area (Å²) in [5, 5.41) is 12.0. The largest absolute Gasteiger partial charge is 0.493 e. The molecule has 0 aliphatic carbocycles. The van der Waals surface area contributed by atoms with E-state index in [-0.39, 0.29) is 12.5 Å². The van der Waals surface area contributed by atoms with E-state index in [1.807, 2.05) is 25.1 Å². The summed E-state index contributed by atoms with van der Waals surface area (Å²) in [5.41, 5.74) is 1.88. The van der Waals surface area contributed by atoms with Crippen LogP contribution >= 0.6 is 11.6 Å². The lowest BCUT2D eigenvalue weighted by molar-refractivity contribution is -0.118. The van der Waals surface area contributed by atoms with Gasteiger partial charge in [0.2, 0.25) is 0 Å². The fraction of sp³-hybridized carbons (Fsp3) is 0.176. The standard InChI is InChI=1S/C17H15ClN2O3/c1-11-4-3-5-13(18)17(11)20-16(21)10-23-14-7-6-12(9-19)8-15(14)22-2/h3-8H,10H2,1-2H3,(H,20,21). The van der Waals surface area contributed by atoms with Gasteiger partial charge in [-0.25, -0.2) is 0 Å². The van der Waals surface area contributed by atoms with Crippen molar-refractivity contribution in [2.24, 2.45) is 0 Å². The van der Waals surface area contributed by atoms with Crippen molar-refractivity contribution in [1.82, 2.24) is 0 Å². The van der Waals surface area contributed by atoms with Gasteiger partial charge in [0.25, 0.3) is 5.91 Å². The summed E-state index contributed by atoms with van der Waals surface area (Å²) in [6, 6.07) is 12.1. The number of benzene rings is 2. The number of carbonyl (C=O) groups is 1. The van der Waals surface area contributed by atoms with Crippen LogP contribution in [0.2, 0.25) is 5.02 Å². The highest BCUT2D eigenvalue weighted by molar-refractivity contribution is 6.33. The lowest BCUT2D eigenvalue weighted by atomic mass is 10.2. The molecule has 0 unspecified atom stereocenters. The molecule has 2 aromatic rings. The first-order valence-electron chi connectivity index (χ1n) is 6.81. The van der Waals surface area contributed by atoms with Gasteiger partial charge in [-0.05, 0) is 30.7 Å². The van der Waals surface area contributed by atoms with E-state index in [1.54, 1.807) is 24.3 Å². The Kier molecular flexibility index (Phi) is 5.45. The van der Waals surface area contributed by atoms with Crippen LogP contribution < -0.4 is 14.8 Å². The third-order valence-electron chi connectivity index (χ3n) is 3.14. The van der Waals surface area contributed by atoms with Gasteiger partial charge in [-0.3, -0.25) is 4.79 Å². The first kappa shape index (κ1) is 16.7. The molecule has 0 atom stereocenters. The van der Waals surface area contributed by atoms with Crippen LogP contribution in [-0.4, -0.2) is 19.6 Å². The number of hydrogen-bond acceptors (Lipinski definition) is 4. The number of amides is 1. The molecule has 0 aliphatic rings. The summed E-state index contributed by atoms with van der Waals surface area (Å²) in [7, 11) is 1.47. The van der Waals surface area contributed by atoms with Crippen molar-refractivity contribution in [1.29, 1.82) is 5.26 Å². The average Bonchev–Trinajstić information content (AvgIpc) is 2.56. The monoisotopic (exact) mass is 330 g/mol. The van der Waals surface area contributed by atoms with E-state index in [0.717, 1.165) is 5.56 Å². The van der Waals surface area contributed by atoms with E-state index >= 15 is 0 Å². The Morgan fingerprint density at radius 1 is 1.30 bits per heavy atom. The van der Waals surface area contributed by atoms with Crippen molar-refractivity contribution in [2.45, 2.75) is 6.92 Å². The molecule has 0 spiro atoms. The Balaban J connectivity index is 2.04. The molecule has 0 saturated heterocycles. The maximum absolute atomic E-state index is 12.0. The fourth-order valence-corrected chi connectivity index (χ4v) is 2.23. The van der Waals surface area contributed by atoms with Gasteiger partial charge in [-0.2, -0.15) is 5.26 Å². The van der Waals surface area contributed by atoms with E-state index < -0.39 is 0 Å². The normalized spacial score (nSPS) is 9.83. The van der Waals surface area contributed by atoms with Crippen molar-refractivity contribution < 1.29 is 14.3 Å². The van der Waals surface area contributed by atoms with Crippen molar-refractivity contribution in [3.8, 4) is 17.6 Å². The van der Waals surface area contributed by atoms with Crippen LogP contribution in [0.15, 0.2) is 36.4 Å². The van der Waals surface area contributed by atoms with Gasteiger partial charge in [0, 0.05) is 6.07 Å². The van der Waals surface area contributed by atoms with Gasteiger partial charge in [0.15, 0.2) is 18.1 Å². The van der Waals surface area contributed by atoms with E-state index in [4.69, 9.17) is 26.3 Å². The number of ether oxygens (including phenoxy) is 2. The summed E-state index contributed by atoms with van der Waals surface area (Å²) in [6.07, 6.45) is 0. The van der Waals surface area contributed by atoms with Crippen molar-refractivity contribution >= 4 is 23.2 Å². The van der Waals surface area contributed by atoms with Crippen LogP contribution in [0.5, 0.6) is 11.5 Å². The molecule has 0 heterocycles. The predicted molar refractivity (Wildman–Crippen MR) is 88.0 cm³/mol. The van der Waals surface area contributed by atoms with Gasteiger partial charge < -0.3 is 14.8 Å². The molecule has 0 fully saturated rings. The smallest absolute Gasteiger partial charge is 0.262 e. The van der Waals surface area contributed by atoms with E-state index in [9.17, 15) is 4.79 Å². The van der Waals surface area contributed by atoms with Gasteiger partial charge in [0.05, 0.1) is 29.5 Å². The molecule has 2 aromatic carbocycles. The molecule has 5 nitrogen and oxygen atoms in total. The van der Waals surface area contributed by atoms with Gasteiger partial charge in [0.1, 0.15) is 0 Å². The SMILES string of the molecule is COc1cc(C#N)ccc1OCC(=O)Nc1c(C)cccc1Cl. The third kappa shape index (κ3) is 4.15. The summed E-state index contributed by atoms with van der Waals surface area (Å²) < 4.78 is 10.6. The second-order valence-electron chi connectivity index (χ2n) is 4.75. The molecular formula is C17H15ClN2O3. The zero-order valence-electron chi connectivity index (χ0n) is 12.7. The fourth-order valence-electron chi connectivity index (χ4n) is 1.97. The zero-order valence-corrected chi connectivity index (χ0v) is 13.5. The molecule has 0 bridgehead atoms. The summed E-state index contributed by atoms with van der Waals surface area (Å²) in [4.78, 5) is 12.0. The van der Waals surface area contributed by atoms with Gasteiger partial charge in [-0.1, -0.05) is 23.7 Å². The van der Waals surface area contributed by atoms with E-state index in [2.05, 4.69) is 5.32 Å². The number of nitrogens with zero attached hydrogens (tertiary/aromatic N) is 1. The molecule has 1 amide bonds. The highest BCUT2D eigenvalue weighted by atomic mass is 35.5. The minimum Gasteiger partial charge on any atom is -0.493 e. The molecule has 6 heteroatoms. The molecule has 2 rings (SSSR count). The number of para-hydroxylation sites is 1. The second-order valence-corrected chi connectivity index (χ2v) is 5.15. The maximum atomic E-state index is 12.0. The molecule has 118 valence electrons. The lowest BCUT2D eigenvalue weighted by Gasteiger charge is -2.12. The minimum atomic E-state index is -0.340. The van der Waals surface area contributed by atoms with Crippen LogP contribution in [0, 0.1) is 18.3 Å². The van der Waals surface area contributed by atoms with Gasteiger partial charge >= 0.3 is 0 Å². The number of anilines is 1. The van der Waals surface area contributed by atoms with E-state index in [1.165, 1.54) is 7.11 Å². The highest BCUT2D eigenvalue weighted by Crippen LogP contribution is 2.28. The third-order valence-corrected chi connectivity index (χ3v) is 3.45. The topological polar surface area (TPSA) is 71.3 Å². The Labute approximate surface area is 139 Å². The number of halogens is 1.